The second-order valence-corrected chi connectivity index (χ2v) is 11.9. The van der Waals surface area contributed by atoms with E-state index >= 15 is 0 Å². The fourth-order valence-electron chi connectivity index (χ4n) is 4.88. The molecule has 0 spiro atoms. The Morgan fingerprint density at radius 1 is 1.03 bits per heavy atom. The summed E-state index contributed by atoms with van der Waals surface area (Å²) >= 11 is 0. The first-order valence-electron chi connectivity index (χ1n) is 13.3. The van der Waals surface area contributed by atoms with Gasteiger partial charge in [-0.25, -0.2) is 8.42 Å². The van der Waals surface area contributed by atoms with Crippen LogP contribution in [0, 0.1) is 0 Å². The topological polar surface area (TPSA) is 114 Å². The Balaban J connectivity index is 0.00000420. The maximum Gasteiger partial charge on any atom is 0.220 e. The molecule has 2 aliphatic heterocycles. The van der Waals surface area contributed by atoms with Crippen LogP contribution >= 0.6 is 0 Å². The minimum Gasteiger partial charge on any atom is -0.497 e. The van der Waals surface area contributed by atoms with E-state index in [-0.39, 0.29) is 30.4 Å². The number of benzene rings is 2. The maximum absolute atomic E-state index is 12.8. The van der Waals surface area contributed by atoms with Crippen molar-refractivity contribution < 1.29 is 32.5 Å². The summed E-state index contributed by atoms with van der Waals surface area (Å²) in [6.45, 7) is 3.41. The van der Waals surface area contributed by atoms with Crippen LogP contribution in [0.4, 0.5) is 0 Å². The maximum atomic E-state index is 12.8. The Morgan fingerprint density at radius 2 is 1.72 bits per heavy atom. The number of aliphatic hydroxyl groups excluding tert-OH is 1. The van der Waals surface area contributed by atoms with Crippen LogP contribution in [-0.4, -0.2) is 76.1 Å². The van der Waals surface area contributed by atoms with Crippen molar-refractivity contribution in [2.45, 2.75) is 63.0 Å². The number of hydrogen-bond donors (Lipinski definition) is 2. The lowest BCUT2D eigenvalue weighted by Gasteiger charge is -2.29. The molecule has 1 fully saturated rings. The van der Waals surface area contributed by atoms with Gasteiger partial charge in [0.05, 0.1) is 23.8 Å². The molecule has 2 aliphatic rings. The summed E-state index contributed by atoms with van der Waals surface area (Å²) in [5.74, 6) is 1.74. The molecule has 2 atom stereocenters. The summed E-state index contributed by atoms with van der Waals surface area (Å²) in [5, 5.41) is 14.3. The van der Waals surface area contributed by atoms with Crippen molar-refractivity contribution >= 4 is 15.7 Å². The van der Waals surface area contributed by atoms with Crippen LogP contribution in [-0.2, 0) is 14.6 Å². The average molecular weight is 563 g/mol. The van der Waals surface area contributed by atoms with Crippen LogP contribution in [0.2, 0.25) is 0 Å². The number of likely N-dealkylation sites (tertiary alicyclic amines) is 1. The first kappa shape index (κ1) is 30.7. The van der Waals surface area contributed by atoms with Gasteiger partial charge in [0.25, 0.3) is 0 Å². The van der Waals surface area contributed by atoms with Gasteiger partial charge in [-0.1, -0.05) is 19.9 Å². The summed E-state index contributed by atoms with van der Waals surface area (Å²) < 4.78 is 41.5. The predicted octanol–water partition coefficient (Wildman–Crippen LogP) is 3.75. The van der Waals surface area contributed by atoms with Crippen LogP contribution in [0.3, 0.4) is 0 Å². The fourth-order valence-corrected chi connectivity index (χ4v) is 6.25. The highest BCUT2D eigenvalue weighted by Gasteiger charge is 2.28. The number of hydrogen-bond acceptors (Lipinski definition) is 8. The summed E-state index contributed by atoms with van der Waals surface area (Å²) in [6, 6.07) is 11.3. The number of sulfone groups is 1. The van der Waals surface area contributed by atoms with E-state index in [2.05, 4.69) is 10.2 Å². The molecular weight excluding hydrogens is 520 g/mol. The highest BCUT2D eigenvalue weighted by molar-refractivity contribution is 7.91. The number of carbonyl (C=O) groups excluding carboxylic acids is 1. The van der Waals surface area contributed by atoms with Crippen LogP contribution in [0.5, 0.6) is 17.2 Å². The Hall–Kier alpha value is -2.82. The molecule has 1 amide bonds. The summed E-state index contributed by atoms with van der Waals surface area (Å²) in [7, 11) is -1.85. The van der Waals surface area contributed by atoms with Gasteiger partial charge in [0.2, 0.25) is 5.91 Å². The Labute approximate surface area is 232 Å². The summed E-state index contributed by atoms with van der Waals surface area (Å²) in [5.41, 5.74) is 0.669. The molecule has 10 heteroatoms. The van der Waals surface area contributed by atoms with Gasteiger partial charge in [0.1, 0.15) is 25.1 Å². The van der Waals surface area contributed by atoms with Crippen LogP contribution in [0.1, 0.15) is 57.6 Å². The van der Waals surface area contributed by atoms with Crippen LogP contribution in [0.25, 0.3) is 0 Å². The molecule has 0 aliphatic carbocycles. The summed E-state index contributed by atoms with van der Waals surface area (Å²) in [6.07, 6.45) is 3.25. The smallest absolute Gasteiger partial charge is 0.220 e. The van der Waals surface area contributed by atoms with E-state index in [1.807, 2.05) is 6.07 Å². The average Bonchev–Trinajstić information content (AvgIpc) is 3.45. The molecule has 0 radical (unpaired) electrons. The van der Waals surface area contributed by atoms with Crippen LogP contribution < -0.4 is 19.5 Å². The Bertz CT molecular complexity index is 1160. The largest absolute Gasteiger partial charge is 0.497 e. The van der Waals surface area contributed by atoms with Gasteiger partial charge < -0.3 is 29.5 Å². The van der Waals surface area contributed by atoms with E-state index < -0.39 is 22.0 Å². The van der Waals surface area contributed by atoms with E-state index in [0.717, 1.165) is 25.9 Å². The van der Waals surface area contributed by atoms with Crippen LogP contribution in [0.15, 0.2) is 47.4 Å². The van der Waals surface area contributed by atoms with Crippen molar-refractivity contribution in [1.82, 2.24) is 10.2 Å². The van der Waals surface area contributed by atoms with Gasteiger partial charge in [0, 0.05) is 13.0 Å². The molecule has 4 rings (SSSR count). The minimum absolute atomic E-state index is 0. The molecule has 2 aromatic carbocycles. The van der Waals surface area contributed by atoms with E-state index in [9.17, 15) is 18.3 Å². The predicted molar refractivity (Wildman–Crippen MR) is 150 cm³/mol. The van der Waals surface area contributed by atoms with Crippen molar-refractivity contribution in [2.24, 2.45) is 0 Å². The number of amides is 1. The zero-order valence-electron chi connectivity index (χ0n) is 21.9. The lowest BCUT2D eigenvalue weighted by Crippen LogP contribution is -2.46. The molecular formula is C29H42N2O7S. The number of carbonyl (C=O) groups is 1. The molecule has 2 aromatic rings. The highest BCUT2D eigenvalue weighted by Crippen LogP contribution is 2.33. The molecule has 216 valence electrons. The van der Waals surface area contributed by atoms with E-state index in [1.54, 1.807) is 36.4 Å². The van der Waals surface area contributed by atoms with Gasteiger partial charge in [-0.2, -0.15) is 0 Å². The minimum atomic E-state index is -3.38. The van der Waals surface area contributed by atoms with E-state index in [0.29, 0.717) is 61.8 Å². The quantitative estimate of drug-likeness (QED) is 0.355. The highest BCUT2D eigenvalue weighted by atomic mass is 32.2. The molecule has 2 N–H and O–H groups in total. The SMILES string of the molecule is C.COc1ccc(S(=O)(=O)CCCCCC(=O)N[C@H](CN2CCCC2)[C@H](O)c2ccc3c(c2)OCCO3)cc1. The Morgan fingerprint density at radius 3 is 2.41 bits per heavy atom. The Kier molecular flexibility index (Phi) is 11.4. The van der Waals surface area contributed by atoms with E-state index in [1.165, 1.54) is 7.11 Å². The lowest BCUT2D eigenvalue weighted by atomic mass is 10.0. The monoisotopic (exact) mass is 562 g/mol. The van der Waals surface area contributed by atoms with Gasteiger partial charge >= 0.3 is 0 Å². The molecule has 0 unspecified atom stereocenters. The zero-order chi connectivity index (χ0) is 27.0. The van der Waals surface area contributed by atoms with Gasteiger partial charge in [-0.15, -0.1) is 0 Å². The number of ether oxygens (including phenoxy) is 3. The molecule has 2 heterocycles. The number of nitrogens with one attached hydrogen (secondary N) is 1. The van der Waals surface area contributed by atoms with Crippen molar-refractivity contribution in [3.8, 4) is 17.2 Å². The van der Waals surface area contributed by atoms with Crippen molar-refractivity contribution in [1.29, 1.82) is 0 Å². The number of unbranched alkanes of at least 4 members (excludes halogenated alkanes) is 2. The molecule has 39 heavy (non-hydrogen) atoms. The second kappa shape index (κ2) is 14.5. The molecule has 0 bridgehead atoms. The fraction of sp³-hybridized carbons (Fsp3) is 0.552. The number of methoxy groups -OCH3 is 1. The summed E-state index contributed by atoms with van der Waals surface area (Å²) in [4.78, 5) is 15.4. The molecule has 9 nitrogen and oxygen atoms in total. The number of rotatable bonds is 13. The number of fused-ring (bicyclic) bond motifs is 1. The normalized spacial score (nSPS) is 16.7. The lowest BCUT2D eigenvalue weighted by molar-refractivity contribution is -0.123. The molecule has 0 aromatic heterocycles. The first-order chi connectivity index (χ1) is 18.4. The van der Waals surface area contributed by atoms with Crippen molar-refractivity contribution in [3.63, 3.8) is 0 Å². The van der Waals surface area contributed by atoms with Gasteiger partial charge in [-0.05, 0) is 80.7 Å². The zero-order valence-corrected chi connectivity index (χ0v) is 22.8. The third-order valence-electron chi connectivity index (χ3n) is 7.02. The number of aliphatic hydroxyl groups is 1. The second-order valence-electron chi connectivity index (χ2n) is 9.83. The third-order valence-corrected chi connectivity index (χ3v) is 8.84. The molecule has 0 saturated carbocycles. The van der Waals surface area contributed by atoms with Gasteiger partial charge in [0.15, 0.2) is 21.3 Å². The first-order valence-corrected chi connectivity index (χ1v) is 15.0. The third kappa shape index (κ3) is 8.58. The number of nitrogens with zero attached hydrogens (tertiary/aromatic N) is 1. The van der Waals surface area contributed by atoms with Gasteiger partial charge in [-0.3, -0.25) is 4.79 Å². The molecule has 1 saturated heterocycles. The van der Waals surface area contributed by atoms with Crippen molar-refractivity contribution in [3.05, 3.63) is 48.0 Å². The van der Waals surface area contributed by atoms with Crippen molar-refractivity contribution in [2.75, 3.05) is 45.7 Å². The standard InChI is InChI=1S/C28H38N2O7S.CH4/c1-35-22-9-11-23(12-10-22)38(33,34)18-6-2-3-7-27(31)29-24(20-30-14-4-5-15-30)28(32)21-8-13-25-26(19-21)37-17-16-36-25;/h8-13,19,24,28,32H,2-7,14-18,20H2,1H3,(H,29,31);1H4/t24-,28-;/m1./s1. The van der Waals surface area contributed by atoms with E-state index in [4.69, 9.17) is 14.2 Å².